The van der Waals surface area contributed by atoms with Crippen LogP contribution in [-0.2, 0) is 6.54 Å². The maximum absolute atomic E-state index is 13.4. The normalized spacial score (nSPS) is 10.3. The summed E-state index contributed by atoms with van der Waals surface area (Å²) in [6.45, 7) is -0.0300. The number of hydrogen-bond donors (Lipinski definition) is 1. The second kappa shape index (κ2) is 5.71. The van der Waals surface area contributed by atoms with Gasteiger partial charge in [-0.15, -0.1) is 0 Å². The molecule has 1 aromatic heterocycles. The summed E-state index contributed by atoms with van der Waals surface area (Å²) in [5.41, 5.74) is 0.188. The quantitative estimate of drug-likeness (QED) is 0.692. The number of anilines is 1. The number of halogens is 3. The summed E-state index contributed by atoms with van der Waals surface area (Å²) in [6.07, 6.45) is 1.66. The zero-order valence-electron chi connectivity index (χ0n) is 9.53. The molecule has 0 amide bonds. The van der Waals surface area contributed by atoms with Crippen LogP contribution in [0.1, 0.15) is 15.9 Å². The van der Waals surface area contributed by atoms with Crippen LogP contribution in [0, 0.1) is 11.6 Å². The molecule has 4 nitrogen and oxygen atoms in total. The van der Waals surface area contributed by atoms with Crippen LogP contribution in [-0.4, -0.2) is 16.3 Å². The summed E-state index contributed by atoms with van der Waals surface area (Å²) in [5.74, 6) is -0.935. The van der Waals surface area contributed by atoms with E-state index in [1.165, 1.54) is 6.33 Å². The molecule has 2 rings (SSSR count). The van der Waals surface area contributed by atoms with Gasteiger partial charge >= 0.3 is 0 Å². The SMILES string of the molecule is O=Cc1c(Cl)ncnc1NCc1cc(F)ccc1F. The first kappa shape index (κ1) is 13.4. The van der Waals surface area contributed by atoms with E-state index in [-0.39, 0.29) is 28.6 Å². The molecule has 0 fully saturated rings. The summed E-state index contributed by atoms with van der Waals surface area (Å²) < 4.78 is 26.4. The lowest BCUT2D eigenvalue weighted by Gasteiger charge is -2.09. The van der Waals surface area contributed by atoms with E-state index in [4.69, 9.17) is 11.6 Å². The van der Waals surface area contributed by atoms with Crippen molar-refractivity contribution in [3.8, 4) is 0 Å². The largest absolute Gasteiger partial charge is 0.365 e. The first-order chi connectivity index (χ1) is 9.11. The van der Waals surface area contributed by atoms with Gasteiger partial charge in [-0.05, 0) is 18.2 Å². The van der Waals surface area contributed by atoms with Crippen molar-refractivity contribution in [2.75, 3.05) is 5.32 Å². The van der Waals surface area contributed by atoms with Crippen molar-refractivity contribution >= 4 is 23.7 Å². The van der Waals surface area contributed by atoms with Crippen LogP contribution in [0.3, 0.4) is 0 Å². The van der Waals surface area contributed by atoms with E-state index >= 15 is 0 Å². The standard InChI is InChI=1S/C12H8ClF2N3O/c13-11-9(5-19)12(18-6-17-11)16-4-7-3-8(14)1-2-10(7)15/h1-3,5-6H,4H2,(H,16,17,18). The van der Waals surface area contributed by atoms with E-state index in [1.54, 1.807) is 0 Å². The van der Waals surface area contributed by atoms with Gasteiger partial charge < -0.3 is 5.32 Å². The molecule has 0 spiro atoms. The number of carbonyl (C=O) groups excluding carboxylic acids is 1. The summed E-state index contributed by atoms with van der Waals surface area (Å²) >= 11 is 5.71. The Balaban J connectivity index is 2.21. The van der Waals surface area contributed by atoms with Gasteiger partial charge in [0, 0.05) is 12.1 Å². The molecule has 19 heavy (non-hydrogen) atoms. The first-order valence-corrected chi connectivity index (χ1v) is 5.63. The molecule has 7 heteroatoms. The summed E-state index contributed by atoms with van der Waals surface area (Å²) in [6, 6.07) is 3.11. The Kier molecular flexibility index (Phi) is 4.01. The highest BCUT2D eigenvalue weighted by atomic mass is 35.5. The number of nitrogens with zero attached hydrogens (tertiary/aromatic N) is 2. The molecule has 98 valence electrons. The van der Waals surface area contributed by atoms with Crippen molar-refractivity contribution in [2.24, 2.45) is 0 Å². The van der Waals surface area contributed by atoms with Gasteiger partial charge in [-0.25, -0.2) is 18.7 Å². The minimum absolute atomic E-state index is 0.00721. The van der Waals surface area contributed by atoms with Gasteiger partial charge in [0.05, 0.1) is 5.56 Å². The molecule has 1 heterocycles. The van der Waals surface area contributed by atoms with E-state index < -0.39 is 11.6 Å². The molecular weight excluding hydrogens is 276 g/mol. The lowest BCUT2D eigenvalue weighted by molar-refractivity contribution is 0.112. The van der Waals surface area contributed by atoms with E-state index in [2.05, 4.69) is 15.3 Å². The van der Waals surface area contributed by atoms with Gasteiger partial charge in [0.2, 0.25) is 0 Å². The average Bonchev–Trinajstić information content (AvgIpc) is 2.40. The van der Waals surface area contributed by atoms with E-state index in [1.807, 2.05) is 0 Å². The Labute approximate surface area is 112 Å². The Morgan fingerprint density at radius 2 is 2.11 bits per heavy atom. The fourth-order valence-electron chi connectivity index (χ4n) is 1.48. The molecule has 0 saturated heterocycles. The number of aromatic nitrogens is 2. The number of rotatable bonds is 4. The summed E-state index contributed by atoms with van der Waals surface area (Å²) in [5, 5.41) is 2.71. The Morgan fingerprint density at radius 3 is 2.84 bits per heavy atom. The van der Waals surface area contributed by atoms with Crippen molar-refractivity contribution < 1.29 is 13.6 Å². The molecule has 1 aromatic carbocycles. The average molecular weight is 284 g/mol. The highest BCUT2D eigenvalue weighted by Gasteiger charge is 2.10. The van der Waals surface area contributed by atoms with Crippen LogP contribution < -0.4 is 5.32 Å². The Bertz CT molecular complexity index is 622. The molecule has 1 N–H and O–H groups in total. The molecule has 0 unspecified atom stereocenters. The molecule has 0 bridgehead atoms. The molecule has 0 radical (unpaired) electrons. The number of hydrogen-bond acceptors (Lipinski definition) is 4. The van der Waals surface area contributed by atoms with E-state index in [9.17, 15) is 13.6 Å². The lowest BCUT2D eigenvalue weighted by Crippen LogP contribution is -2.07. The van der Waals surface area contributed by atoms with Gasteiger partial charge in [0.25, 0.3) is 0 Å². The van der Waals surface area contributed by atoms with Crippen LogP contribution in [0.25, 0.3) is 0 Å². The van der Waals surface area contributed by atoms with Crippen molar-refractivity contribution in [2.45, 2.75) is 6.54 Å². The third kappa shape index (κ3) is 3.03. The molecule has 0 aliphatic carbocycles. The number of nitrogens with one attached hydrogen (secondary N) is 1. The highest BCUT2D eigenvalue weighted by molar-refractivity contribution is 6.32. The van der Waals surface area contributed by atoms with Gasteiger partial charge in [-0.3, -0.25) is 4.79 Å². The molecule has 0 atom stereocenters. The molecule has 2 aromatic rings. The third-order valence-electron chi connectivity index (χ3n) is 2.41. The predicted molar refractivity (Wildman–Crippen MR) is 66.1 cm³/mol. The van der Waals surface area contributed by atoms with Gasteiger partial charge in [-0.1, -0.05) is 11.6 Å². The topological polar surface area (TPSA) is 54.9 Å². The molecule has 0 saturated carbocycles. The highest BCUT2D eigenvalue weighted by Crippen LogP contribution is 2.18. The number of benzene rings is 1. The molecule has 0 aliphatic rings. The monoisotopic (exact) mass is 283 g/mol. The van der Waals surface area contributed by atoms with Gasteiger partial charge in [-0.2, -0.15) is 0 Å². The van der Waals surface area contributed by atoms with Crippen molar-refractivity contribution in [1.82, 2.24) is 9.97 Å². The molecular formula is C12H8ClF2N3O. The zero-order chi connectivity index (χ0) is 13.8. The zero-order valence-corrected chi connectivity index (χ0v) is 10.3. The molecule has 0 aliphatic heterocycles. The van der Waals surface area contributed by atoms with Crippen LogP contribution in [0.5, 0.6) is 0 Å². The van der Waals surface area contributed by atoms with E-state index in [0.29, 0.717) is 6.29 Å². The lowest BCUT2D eigenvalue weighted by atomic mass is 10.2. The Morgan fingerprint density at radius 1 is 1.32 bits per heavy atom. The van der Waals surface area contributed by atoms with Gasteiger partial charge in [0.1, 0.15) is 28.9 Å². The smallest absolute Gasteiger partial charge is 0.156 e. The summed E-state index contributed by atoms with van der Waals surface area (Å²) in [4.78, 5) is 18.3. The van der Waals surface area contributed by atoms with Gasteiger partial charge in [0.15, 0.2) is 6.29 Å². The minimum atomic E-state index is -0.554. The maximum atomic E-state index is 13.4. The van der Waals surface area contributed by atoms with Crippen molar-refractivity contribution in [3.05, 3.63) is 52.4 Å². The fourth-order valence-corrected chi connectivity index (χ4v) is 1.65. The van der Waals surface area contributed by atoms with Crippen LogP contribution in [0.4, 0.5) is 14.6 Å². The second-order valence-corrected chi connectivity index (χ2v) is 3.99. The third-order valence-corrected chi connectivity index (χ3v) is 2.71. The van der Waals surface area contributed by atoms with Crippen LogP contribution in [0.15, 0.2) is 24.5 Å². The number of aldehydes is 1. The maximum Gasteiger partial charge on any atom is 0.156 e. The van der Waals surface area contributed by atoms with E-state index in [0.717, 1.165) is 18.2 Å². The Hall–Kier alpha value is -2.08. The second-order valence-electron chi connectivity index (χ2n) is 3.63. The van der Waals surface area contributed by atoms with Crippen molar-refractivity contribution in [1.29, 1.82) is 0 Å². The van der Waals surface area contributed by atoms with Crippen LogP contribution >= 0.6 is 11.6 Å². The predicted octanol–water partition coefficient (Wildman–Crippen LogP) is 2.83. The fraction of sp³-hybridized carbons (Fsp3) is 0.0833. The summed E-state index contributed by atoms with van der Waals surface area (Å²) in [7, 11) is 0. The van der Waals surface area contributed by atoms with Crippen molar-refractivity contribution in [3.63, 3.8) is 0 Å². The van der Waals surface area contributed by atoms with Crippen LogP contribution in [0.2, 0.25) is 5.15 Å². The minimum Gasteiger partial charge on any atom is -0.365 e. The first-order valence-electron chi connectivity index (χ1n) is 5.25. The number of carbonyl (C=O) groups is 1.